The van der Waals surface area contributed by atoms with Crippen molar-refractivity contribution in [3.63, 3.8) is 0 Å². The minimum atomic E-state index is -0.337. The number of rotatable bonds is 6. The van der Waals surface area contributed by atoms with Gasteiger partial charge in [0.1, 0.15) is 11.4 Å². The topological polar surface area (TPSA) is 67.9 Å². The molecule has 1 saturated heterocycles. The summed E-state index contributed by atoms with van der Waals surface area (Å²) in [6.45, 7) is 4.35. The lowest BCUT2D eigenvalue weighted by Crippen LogP contribution is -2.52. The molecule has 4 rings (SSSR count). The number of piperidine rings is 1. The maximum Gasteiger partial charge on any atom is 0.253 e. The highest BCUT2D eigenvalue weighted by Gasteiger charge is 2.44. The van der Waals surface area contributed by atoms with Gasteiger partial charge >= 0.3 is 0 Å². The molecule has 32 heavy (non-hydrogen) atoms. The van der Waals surface area contributed by atoms with E-state index in [0.717, 1.165) is 41.7 Å². The Morgan fingerprint density at radius 1 is 1.12 bits per heavy atom. The molecule has 1 unspecified atom stereocenters. The number of hydrogen-bond donors (Lipinski definition) is 1. The molecule has 1 atom stereocenters. The van der Waals surface area contributed by atoms with E-state index in [1.165, 1.54) is 0 Å². The Morgan fingerprint density at radius 3 is 2.56 bits per heavy atom. The van der Waals surface area contributed by atoms with E-state index in [1.54, 1.807) is 7.11 Å². The second kappa shape index (κ2) is 9.74. The van der Waals surface area contributed by atoms with E-state index in [9.17, 15) is 9.59 Å². The van der Waals surface area contributed by atoms with Crippen LogP contribution in [0.15, 0.2) is 48.5 Å². The third kappa shape index (κ3) is 4.96. The number of fused-ring (bicyclic) bond motifs is 1. The molecule has 0 aliphatic carbocycles. The lowest BCUT2D eigenvalue weighted by Gasteiger charge is -2.47. The number of nitrogens with zero attached hydrogens (tertiary/aromatic N) is 1. The smallest absolute Gasteiger partial charge is 0.253 e. The number of carbonyl (C=O) groups excluding carboxylic acids is 2. The number of hydrogen-bond acceptors (Lipinski definition) is 4. The number of likely N-dealkylation sites (tertiary alicyclic amines) is 1. The van der Waals surface area contributed by atoms with Crippen LogP contribution < -0.4 is 10.1 Å². The van der Waals surface area contributed by atoms with Crippen LogP contribution in [0.25, 0.3) is 0 Å². The number of carbonyl (C=O) groups is 2. The number of ether oxygens (including phenoxy) is 2. The fourth-order valence-corrected chi connectivity index (χ4v) is 4.82. The van der Waals surface area contributed by atoms with Crippen molar-refractivity contribution in [2.45, 2.75) is 44.1 Å². The first kappa shape index (κ1) is 22.3. The van der Waals surface area contributed by atoms with Gasteiger partial charge in [-0.25, -0.2) is 0 Å². The first-order valence-electron chi connectivity index (χ1n) is 11.4. The van der Waals surface area contributed by atoms with Crippen molar-refractivity contribution in [2.24, 2.45) is 0 Å². The zero-order valence-electron chi connectivity index (χ0n) is 18.9. The molecule has 2 aromatic carbocycles. The van der Waals surface area contributed by atoms with E-state index in [1.807, 2.05) is 54.3 Å². The van der Waals surface area contributed by atoms with Gasteiger partial charge in [0, 0.05) is 57.5 Å². The first-order chi connectivity index (χ1) is 15.5. The Bertz CT molecular complexity index is 949. The number of benzene rings is 2. The molecule has 2 amide bonds. The van der Waals surface area contributed by atoms with E-state index in [2.05, 4.69) is 11.4 Å². The van der Waals surface area contributed by atoms with Crippen LogP contribution in [-0.2, 0) is 9.53 Å². The molecule has 2 aromatic rings. The van der Waals surface area contributed by atoms with Crippen molar-refractivity contribution in [1.82, 2.24) is 10.2 Å². The molecular formula is C26H32N2O4. The normalized spacial score (nSPS) is 19.2. The standard InChI is InChI=1S/C26H32N2O4/c1-19-7-9-20(10-8-19)25(30)28-14-11-26(12-15-28)18-21(17-24(29)27-13-16-31-2)22-5-3-4-6-23(22)32-26/h3-10,21H,11-18H2,1-2H3,(H,27,29). The Hall–Kier alpha value is -2.86. The molecule has 0 aromatic heterocycles. The van der Waals surface area contributed by atoms with Gasteiger partial charge in [-0.1, -0.05) is 35.9 Å². The van der Waals surface area contributed by atoms with Crippen molar-refractivity contribution in [1.29, 1.82) is 0 Å². The van der Waals surface area contributed by atoms with Crippen LogP contribution in [-0.4, -0.2) is 55.7 Å². The maximum absolute atomic E-state index is 12.9. The zero-order chi connectivity index (χ0) is 22.6. The average molecular weight is 437 g/mol. The fraction of sp³-hybridized carbons (Fsp3) is 0.462. The molecule has 0 saturated carbocycles. The predicted octanol–water partition coefficient (Wildman–Crippen LogP) is 3.69. The molecule has 2 aliphatic heterocycles. The van der Waals surface area contributed by atoms with Crippen molar-refractivity contribution in [3.05, 3.63) is 65.2 Å². The predicted molar refractivity (Wildman–Crippen MR) is 123 cm³/mol. The van der Waals surface area contributed by atoms with Gasteiger partial charge in [0.15, 0.2) is 0 Å². The summed E-state index contributed by atoms with van der Waals surface area (Å²) in [4.78, 5) is 27.4. The molecule has 2 aliphatic rings. The van der Waals surface area contributed by atoms with Crippen molar-refractivity contribution >= 4 is 11.8 Å². The minimum absolute atomic E-state index is 0.0332. The summed E-state index contributed by atoms with van der Waals surface area (Å²) in [6.07, 6.45) is 2.74. The summed E-state index contributed by atoms with van der Waals surface area (Å²) in [5, 5.41) is 2.94. The summed E-state index contributed by atoms with van der Waals surface area (Å²) in [6, 6.07) is 15.8. The summed E-state index contributed by atoms with van der Waals surface area (Å²) >= 11 is 0. The van der Waals surface area contributed by atoms with E-state index >= 15 is 0 Å². The fourth-order valence-electron chi connectivity index (χ4n) is 4.82. The summed E-state index contributed by atoms with van der Waals surface area (Å²) in [7, 11) is 1.63. The minimum Gasteiger partial charge on any atom is -0.487 e. The molecule has 1 fully saturated rings. The average Bonchev–Trinajstić information content (AvgIpc) is 2.80. The van der Waals surface area contributed by atoms with Gasteiger partial charge in [0.05, 0.1) is 6.61 Å². The summed E-state index contributed by atoms with van der Waals surface area (Å²) in [5.41, 5.74) is 2.63. The highest BCUT2D eigenvalue weighted by atomic mass is 16.5. The highest BCUT2D eigenvalue weighted by molar-refractivity contribution is 5.94. The van der Waals surface area contributed by atoms with Crippen LogP contribution in [0, 0.1) is 6.92 Å². The van der Waals surface area contributed by atoms with Crippen molar-refractivity contribution in [3.8, 4) is 5.75 Å². The molecular weight excluding hydrogens is 404 g/mol. The van der Waals surface area contributed by atoms with E-state index in [0.29, 0.717) is 32.7 Å². The van der Waals surface area contributed by atoms with Gasteiger partial charge < -0.3 is 19.7 Å². The van der Waals surface area contributed by atoms with Gasteiger partial charge in [-0.15, -0.1) is 0 Å². The number of amides is 2. The van der Waals surface area contributed by atoms with Gasteiger partial charge in [-0.3, -0.25) is 9.59 Å². The molecule has 0 radical (unpaired) electrons. The molecule has 0 bridgehead atoms. The second-order valence-electron chi connectivity index (χ2n) is 8.93. The van der Waals surface area contributed by atoms with Crippen molar-refractivity contribution < 1.29 is 19.1 Å². The third-order valence-corrected chi connectivity index (χ3v) is 6.62. The lowest BCUT2D eigenvalue weighted by molar-refractivity contribution is -0.122. The molecule has 6 nitrogen and oxygen atoms in total. The van der Waals surface area contributed by atoms with E-state index < -0.39 is 0 Å². The monoisotopic (exact) mass is 436 g/mol. The van der Waals surface area contributed by atoms with E-state index in [-0.39, 0.29) is 23.3 Å². The molecule has 1 N–H and O–H groups in total. The zero-order valence-corrected chi connectivity index (χ0v) is 18.9. The second-order valence-corrected chi connectivity index (χ2v) is 8.93. The molecule has 6 heteroatoms. The van der Waals surface area contributed by atoms with Crippen molar-refractivity contribution in [2.75, 3.05) is 33.4 Å². The van der Waals surface area contributed by atoms with E-state index in [4.69, 9.17) is 9.47 Å². The van der Waals surface area contributed by atoms with Crippen LogP contribution in [0.1, 0.15) is 53.1 Å². The SMILES string of the molecule is COCCNC(=O)CC1CC2(CCN(C(=O)c3ccc(C)cc3)CC2)Oc2ccccc21. The molecule has 170 valence electrons. The van der Waals surface area contributed by atoms with Crippen LogP contribution in [0.4, 0.5) is 0 Å². The van der Waals surface area contributed by atoms with Gasteiger partial charge in [-0.05, 0) is 37.1 Å². The van der Waals surface area contributed by atoms with Crippen LogP contribution in [0.5, 0.6) is 5.75 Å². The Kier molecular flexibility index (Phi) is 6.80. The van der Waals surface area contributed by atoms with Crippen LogP contribution in [0.3, 0.4) is 0 Å². The maximum atomic E-state index is 12.9. The first-order valence-corrected chi connectivity index (χ1v) is 11.4. The third-order valence-electron chi connectivity index (χ3n) is 6.62. The molecule has 2 heterocycles. The Morgan fingerprint density at radius 2 is 1.84 bits per heavy atom. The number of para-hydroxylation sites is 1. The molecule has 1 spiro atoms. The number of methoxy groups -OCH3 is 1. The van der Waals surface area contributed by atoms with Gasteiger partial charge in [0.25, 0.3) is 5.91 Å². The highest BCUT2D eigenvalue weighted by Crippen LogP contribution is 2.46. The quantitative estimate of drug-likeness (QED) is 0.702. The summed E-state index contributed by atoms with van der Waals surface area (Å²) in [5.74, 6) is 1.07. The number of aryl methyl sites for hydroxylation is 1. The lowest BCUT2D eigenvalue weighted by atomic mass is 9.76. The van der Waals surface area contributed by atoms with Crippen LogP contribution in [0.2, 0.25) is 0 Å². The van der Waals surface area contributed by atoms with Gasteiger partial charge in [0.2, 0.25) is 5.91 Å². The largest absolute Gasteiger partial charge is 0.487 e. The number of nitrogens with one attached hydrogen (secondary N) is 1. The Balaban J connectivity index is 1.44. The summed E-state index contributed by atoms with van der Waals surface area (Å²) < 4.78 is 11.6. The van der Waals surface area contributed by atoms with Crippen LogP contribution >= 0.6 is 0 Å². The Labute approximate surface area is 189 Å². The van der Waals surface area contributed by atoms with Gasteiger partial charge in [-0.2, -0.15) is 0 Å².